The first-order chi connectivity index (χ1) is 17.4. The molecule has 0 N–H and O–H groups in total. The van der Waals surface area contributed by atoms with Gasteiger partial charge in [-0.3, -0.25) is 4.79 Å². The average Bonchev–Trinajstić information content (AvgIpc) is 3.61. The maximum Gasteiger partial charge on any atom is 0.318 e. The van der Waals surface area contributed by atoms with Crippen molar-refractivity contribution in [2.75, 3.05) is 31.6 Å². The molecule has 2 atom stereocenters. The van der Waals surface area contributed by atoms with E-state index in [-0.39, 0.29) is 35.0 Å². The molecular weight excluding hydrogens is 457 g/mol. The van der Waals surface area contributed by atoms with Crippen LogP contribution in [-0.2, 0) is 28.5 Å². The molecule has 2 spiro atoms. The SMILES string of the molecule is C=CC(=O)N1CCN(c2nc(OC)nc3c2CCC2(C3)CC3(CC3)c3c(F)cccc32)CC1CC#N. The van der Waals surface area contributed by atoms with E-state index in [0.717, 1.165) is 66.7 Å². The fourth-order valence-electron chi connectivity index (χ4n) is 7.05. The highest BCUT2D eigenvalue weighted by molar-refractivity contribution is 5.87. The van der Waals surface area contributed by atoms with Crippen LogP contribution in [0.15, 0.2) is 30.9 Å². The topological polar surface area (TPSA) is 82.3 Å². The standard InChI is InChI=1S/C28H30FN5O2/c1-3-23(35)34-14-13-33(16-18(34)8-12-30)25-19-7-9-28(15-22(19)31-26(32-25)36-2)17-27(10-11-27)24-20(28)5-4-6-21(24)29/h3-6,18H,1,7-11,13-17H2,2H3. The summed E-state index contributed by atoms with van der Waals surface area (Å²) in [5.41, 5.74) is 4.06. The summed E-state index contributed by atoms with van der Waals surface area (Å²) in [6.45, 7) is 5.23. The quantitative estimate of drug-likeness (QED) is 0.613. The fourth-order valence-corrected chi connectivity index (χ4v) is 7.05. The summed E-state index contributed by atoms with van der Waals surface area (Å²) in [6, 6.07) is 7.88. The van der Waals surface area contributed by atoms with Crippen molar-refractivity contribution in [3.05, 3.63) is 59.1 Å². The molecule has 6 rings (SSSR count). The molecular formula is C28H30FN5O2. The van der Waals surface area contributed by atoms with E-state index in [4.69, 9.17) is 14.7 Å². The summed E-state index contributed by atoms with van der Waals surface area (Å²) in [7, 11) is 1.57. The lowest BCUT2D eigenvalue weighted by atomic mass is 9.69. The molecule has 2 unspecified atom stereocenters. The molecule has 8 heteroatoms. The maximum absolute atomic E-state index is 15.0. The van der Waals surface area contributed by atoms with Crippen molar-refractivity contribution in [2.45, 2.75) is 61.8 Å². The molecule has 1 aromatic carbocycles. The number of piperazine rings is 1. The lowest BCUT2D eigenvalue weighted by Crippen LogP contribution is -2.55. The Labute approximate surface area is 210 Å². The van der Waals surface area contributed by atoms with E-state index < -0.39 is 0 Å². The van der Waals surface area contributed by atoms with Gasteiger partial charge < -0.3 is 14.5 Å². The smallest absolute Gasteiger partial charge is 0.318 e. The van der Waals surface area contributed by atoms with Gasteiger partial charge in [-0.1, -0.05) is 18.7 Å². The van der Waals surface area contributed by atoms with Crippen molar-refractivity contribution in [1.82, 2.24) is 14.9 Å². The predicted octanol–water partition coefficient (Wildman–Crippen LogP) is 3.60. The van der Waals surface area contributed by atoms with Gasteiger partial charge in [0.1, 0.15) is 11.6 Å². The van der Waals surface area contributed by atoms with Crippen molar-refractivity contribution >= 4 is 11.7 Å². The van der Waals surface area contributed by atoms with Gasteiger partial charge in [0.2, 0.25) is 5.91 Å². The zero-order valence-corrected chi connectivity index (χ0v) is 20.6. The second-order valence-electron chi connectivity index (χ2n) is 10.7. The Kier molecular flexibility index (Phi) is 5.29. The summed E-state index contributed by atoms with van der Waals surface area (Å²) >= 11 is 0. The van der Waals surface area contributed by atoms with Crippen LogP contribution in [0.1, 0.15) is 54.5 Å². The summed E-state index contributed by atoms with van der Waals surface area (Å²) in [4.78, 5) is 25.8. The third kappa shape index (κ3) is 3.40. The average molecular weight is 488 g/mol. The number of hydrogen-bond donors (Lipinski definition) is 0. The van der Waals surface area contributed by atoms with E-state index in [1.54, 1.807) is 18.1 Å². The summed E-state index contributed by atoms with van der Waals surface area (Å²) in [5, 5.41) is 9.38. The minimum Gasteiger partial charge on any atom is -0.467 e. The highest BCUT2D eigenvalue weighted by atomic mass is 19.1. The van der Waals surface area contributed by atoms with Crippen LogP contribution < -0.4 is 9.64 Å². The number of methoxy groups -OCH3 is 1. The highest BCUT2D eigenvalue weighted by Crippen LogP contribution is 2.65. The van der Waals surface area contributed by atoms with Crippen LogP contribution in [0.3, 0.4) is 0 Å². The molecule has 1 amide bonds. The first kappa shape index (κ1) is 23.0. The van der Waals surface area contributed by atoms with Crippen LogP contribution in [0.4, 0.5) is 10.2 Å². The molecule has 1 saturated heterocycles. The van der Waals surface area contributed by atoms with Crippen LogP contribution in [-0.4, -0.2) is 53.6 Å². The first-order valence-electron chi connectivity index (χ1n) is 12.7. The normalized spacial score (nSPS) is 25.3. The number of benzene rings is 1. The van der Waals surface area contributed by atoms with Gasteiger partial charge in [0.15, 0.2) is 0 Å². The molecule has 2 heterocycles. The first-order valence-corrected chi connectivity index (χ1v) is 12.7. The maximum atomic E-state index is 15.0. The minimum absolute atomic E-state index is 0.00331. The molecule has 2 aromatic rings. The third-order valence-corrected chi connectivity index (χ3v) is 8.80. The number of nitrogens with zero attached hydrogens (tertiary/aromatic N) is 5. The van der Waals surface area contributed by atoms with Gasteiger partial charge in [0.05, 0.1) is 31.3 Å². The number of fused-ring (bicyclic) bond motifs is 4. The monoisotopic (exact) mass is 487 g/mol. The van der Waals surface area contributed by atoms with Gasteiger partial charge in [0, 0.05) is 37.0 Å². The Morgan fingerprint density at radius 3 is 2.86 bits per heavy atom. The number of carbonyl (C=O) groups is 1. The van der Waals surface area contributed by atoms with Gasteiger partial charge in [-0.05, 0) is 60.8 Å². The second-order valence-corrected chi connectivity index (χ2v) is 10.7. The minimum atomic E-state index is -0.236. The molecule has 0 radical (unpaired) electrons. The van der Waals surface area contributed by atoms with E-state index >= 15 is 0 Å². The van der Waals surface area contributed by atoms with Crippen LogP contribution >= 0.6 is 0 Å². The largest absolute Gasteiger partial charge is 0.467 e. The molecule has 3 aliphatic carbocycles. The molecule has 1 aliphatic heterocycles. The Balaban J connectivity index is 1.36. The van der Waals surface area contributed by atoms with E-state index in [0.29, 0.717) is 25.6 Å². The summed E-state index contributed by atoms with van der Waals surface area (Å²) in [6.07, 6.45) is 7.11. The van der Waals surface area contributed by atoms with E-state index in [1.807, 2.05) is 6.07 Å². The number of halogens is 1. The molecule has 1 aromatic heterocycles. The Hall–Kier alpha value is -3.47. The molecule has 1 saturated carbocycles. The summed E-state index contributed by atoms with van der Waals surface area (Å²) in [5.74, 6) is 0.614. The molecule has 7 nitrogen and oxygen atoms in total. The molecule has 36 heavy (non-hydrogen) atoms. The number of carbonyl (C=O) groups excluding carboxylic acids is 1. The van der Waals surface area contributed by atoms with Gasteiger partial charge in [-0.15, -0.1) is 0 Å². The predicted molar refractivity (Wildman–Crippen MR) is 132 cm³/mol. The zero-order valence-electron chi connectivity index (χ0n) is 20.6. The zero-order chi connectivity index (χ0) is 25.1. The number of ether oxygens (including phenoxy) is 1. The fraction of sp³-hybridized carbons (Fsp3) is 0.500. The van der Waals surface area contributed by atoms with Crippen molar-refractivity contribution in [3.63, 3.8) is 0 Å². The molecule has 0 bridgehead atoms. The number of hydrogen-bond acceptors (Lipinski definition) is 6. The Morgan fingerprint density at radius 2 is 2.14 bits per heavy atom. The van der Waals surface area contributed by atoms with E-state index in [9.17, 15) is 14.4 Å². The highest BCUT2D eigenvalue weighted by Gasteiger charge is 2.60. The van der Waals surface area contributed by atoms with Crippen molar-refractivity contribution in [3.8, 4) is 12.1 Å². The number of nitriles is 1. The van der Waals surface area contributed by atoms with Crippen molar-refractivity contribution < 1.29 is 13.9 Å². The molecule has 2 fully saturated rings. The van der Waals surface area contributed by atoms with Gasteiger partial charge in [0.25, 0.3) is 0 Å². The lowest BCUT2D eigenvalue weighted by Gasteiger charge is -2.42. The van der Waals surface area contributed by atoms with Crippen LogP contribution in [0.25, 0.3) is 0 Å². The van der Waals surface area contributed by atoms with E-state index in [1.165, 1.54) is 6.08 Å². The van der Waals surface area contributed by atoms with Gasteiger partial charge in [-0.2, -0.15) is 15.2 Å². The lowest BCUT2D eigenvalue weighted by molar-refractivity contribution is -0.128. The number of anilines is 1. The number of amides is 1. The number of rotatable bonds is 4. The second kappa shape index (κ2) is 8.29. The third-order valence-electron chi connectivity index (χ3n) is 8.80. The molecule has 4 aliphatic rings. The van der Waals surface area contributed by atoms with Crippen molar-refractivity contribution in [2.24, 2.45) is 0 Å². The van der Waals surface area contributed by atoms with Crippen LogP contribution in [0.5, 0.6) is 6.01 Å². The van der Waals surface area contributed by atoms with Gasteiger partial charge in [-0.25, -0.2) is 4.39 Å². The van der Waals surface area contributed by atoms with Crippen molar-refractivity contribution in [1.29, 1.82) is 5.26 Å². The van der Waals surface area contributed by atoms with Crippen LogP contribution in [0, 0.1) is 17.1 Å². The van der Waals surface area contributed by atoms with Gasteiger partial charge >= 0.3 is 6.01 Å². The van der Waals surface area contributed by atoms with Crippen LogP contribution in [0.2, 0.25) is 0 Å². The Morgan fingerprint density at radius 1 is 1.31 bits per heavy atom. The molecule has 186 valence electrons. The Bertz CT molecular complexity index is 1300. The summed E-state index contributed by atoms with van der Waals surface area (Å²) < 4.78 is 20.5. The van der Waals surface area contributed by atoms with E-state index in [2.05, 4.69) is 23.6 Å². The number of aromatic nitrogens is 2.